The van der Waals surface area contributed by atoms with Crippen molar-refractivity contribution in [2.24, 2.45) is 0 Å². The molecular formula is C23H22F2N6O2S. The maximum atomic E-state index is 14.8. The summed E-state index contributed by atoms with van der Waals surface area (Å²) in [5, 5.41) is 6.96. The van der Waals surface area contributed by atoms with Gasteiger partial charge in [-0.25, -0.2) is 27.2 Å². The van der Waals surface area contributed by atoms with E-state index in [1.165, 1.54) is 13.0 Å². The van der Waals surface area contributed by atoms with Crippen molar-refractivity contribution in [3.8, 4) is 17.1 Å². The van der Waals surface area contributed by atoms with E-state index >= 15 is 0 Å². The summed E-state index contributed by atoms with van der Waals surface area (Å²) in [6, 6.07) is 11.9. The topological polar surface area (TPSA) is 103 Å². The van der Waals surface area contributed by atoms with E-state index in [0.29, 0.717) is 11.4 Å². The van der Waals surface area contributed by atoms with Crippen LogP contribution in [0.1, 0.15) is 31.2 Å². The summed E-state index contributed by atoms with van der Waals surface area (Å²) >= 11 is 0. The fraction of sp³-hybridized carbons (Fsp3) is 0.217. The molecule has 2 aromatic carbocycles. The monoisotopic (exact) mass is 484 g/mol. The molecule has 34 heavy (non-hydrogen) atoms. The molecule has 2 atom stereocenters. The molecule has 0 unspecified atom stereocenters. The molecule has 0 bridgehead atoms. The number of anilines is 1. The molecule has 0 saturated carbocycles. The Balaban J connectivity index is 1.77. The molecule has 0 saturated heterocycles. The third-order valence-corrected chi connectivity index (χ3v) is 7.35. The van der Waals surface area contributed by atoms with Gasteiger partial charge < -0.3 is 0 Å². The van der Waals surface area contributed by atoms with Gasteiger partial charge in [-0.05, 0) is 31.5 Å². The molecule has 0 fully saturated rings. The number of aryl methyl sites for hydroxylation is 1. The lowest BCUT2D eigenvalue weighted by Crippen LogP contribution is -2.31. The summed E-state index contributed by atoms with van der Waals surface area (Å²) in [4.78, 5) is 8.43. The zero-order valence-electron chi connectivity index (χ0n) is 18.6. The predicted octanol–water partition coefficient (Wildman–Crippen LogP) is 4.24. The Morgan fingerprint density at radius 3 is 2.15 bits per heavy atom. The van der Waals surface area contributed by atoms with E-state index < -0.39 is 38.5 Å². The first-order valence-corrected chi connectivity index (χ1v) is 12.0. The van der Waals surface area contributed by atoms with E-state index in [9.17, 15) is 17.2 Å². The van der Waals surface area contributed by atoms with Crippen molar-refractivity contribution < 1.29 is 17.2 Å². The summed E-state index contributed by atoms with van der Waals surface area (Å²) in [5.41, 5.74) is 0.849. The number of aromatic nitrogens is 5. The molecular weight excluding hydrogens is 462 g/mol. The fourth-order valence-corrected chi connectivity index (χ4v) is 4.61. The van der Waals surface area contributed by atoms with Gasteiger partial charge in [-0.15, -0.1) is 10.2 Å². The Kier molecular flexibility index (Phi) is 6.38. The van der Waals surface area contributed by atoms with Crippen LogP contribution in [0.15, 0.2) is 60.9 Å². The standard InChI is InChI=1S/C23H22F2N6O2S/c1-14-12-26-21(27-13-14)15(2)16(3)34(32,33)30-23-29-28-22(17-8-5-4-6-9-17)31(23)20-18(24)10-7-11-19(20)25/h4-13,15-16H,1-3H3,(H,29,30)/t15-,16-/m0/s1. The minimum Gasteiger partial charge on any atom is -0.255 e. The van der Waals surface area contributed by atoms with Crippen molar-refractivity contribution >= 4 is 16.0 Å². The Morgan fingerprint density at radius 1 is 0.912 bits per heavy atom. The molecule has 0 amide bonds. The molecule has 1 N–H and O–H groups in total. The highest BCUT2D eigenvalue weighted by atomic mass is 32.2. The number of hydrogen-bond acceptors (Lipinski definition) is 6. The smallest absolute Gasteiger partial charge is 0.243 e. The number of hydrogen-bond donors (Lipinski definition) is 1. The number of nitrogens with one attached hydrogen (secondary N) is 1. The first kappa shape index (κ1) is 23.4. The molecule has 11 heteroatoms. The van der Waals surface area contributed by atoms with Gasteiger partial charge in [0.25, 0.3) is 0 Å². The Morgan fingerprint density at radius 2 is 1.53 bits per heavy atom. The fourth-order valence-electron chi connectivity index (χ4n) is 3.38. The molecule has 0 aliphatic heterocycles. The summed E-state index contributed by atoms with van der Waals surface area (Å²) in [6.07, 6.45) is 3.21. The molecule has 176 valence electrons. The van der Waals surface area contributed by atoms with E-state index in [1.807, 2.05) is 6.92 Å². The van der Waals surface area contributed by atoms with E-state index in [0.717, 1.165) is 22.3 Å². The van der Waals surface area contributed by atoms with Gasteiger partial charge >= 0.3 is 0 Å². The highest BCUT2D eigenvalue weighted by Crippen LogP contribution is 2.30. The predicted molar refractivity (Wildman–Crippen MR) is 124 cm³/mol. The van der Waals surface area contributed by atoms with Crippen LogP contribution in [0.25, 0.3) is 17.1 Å². The Hall–Kier alpha value is -3.73. The quantitative estimate of drug-likeness (QED) is 0.421. The first-order chi connectivity index (χ1) is 16.2. The van der Waals surface area contributed by atoms with Gasteiger partial charge in [-0.1, -0.05) is 43.3 Å². The average molecular weight is 485 g/mol. The number of benzene rings is 2. The maximum absolute atomic E-state index is 14.8. The van der Waals surface area contributed by atoms with Crippen LogP contribution in [-0.4, -0.2) is 38.4 Å². The van der Waals surface area contributed by atoms with Crippen LogP contribution in [0.2, 0.25) is 0 Å². The largest absolute Gasteiger partial charge is 0.255 e. The lowest BCUT2D eigenvalue weighted by atomic mass is 10.1. The van der Waals surface area contributed by atoms with Crippen LogP contribution >= 0.6 is 0 Å². The minimum absolute atomic E-state index is 0.0740. The summed E-state index contributed by atoms with van der Waals surface area (Å²) in [5.74, 6) is -2.28. The van der Waals surface area contributed by atoms with Crippen LogP contribution in [-0.2, 0) is 10.0 Å². The van der Waals surface area contributed by atoms with E-state index in [4.69, 9.17) is 0 Å². The zero-order valence-corrected chi connectivity index (χ0v) is 19.5. The van der Waals surface area contributed by atoms with Crippen LogP contribution in [0, 0.1) is 18.6 Å². The molecule has 4 aromatic rings. The highest BCUT2D eigenvalue weighted by Gasteiger charge is 2.32. The molecule has 0 aliphatic carbocycles. The zero-order chi connectivity index (χ0) is 24.5. The number of sulfonamides is 1. The van der Waals surface area contributed by atoms with Crippen molar-refractivity contribution in [3.05, 3.63) is 83.9 Å². The van der Waals surface area contributed by atoms with Gasteiger partial charge in [-0.2, -0.15) is 0 Å². The van der Waals surface area contributed by atoms with Crippen LogP contribution < -0.4 is 4.72 Å². The second-order valence-electron chi connectivity index (χ2n) is 7.88. The highest BCUT2D eigenvalue weighted by molar-refractivity contribution is 7.93. The first-order valence-electron chi connectivity index (χ1n) is 10.4. The third kappa shape index (κ3) is 4.51. The molecule has 4 rings (SSSR count). The van der Waals surface area contributed by atoms with E-state index in [2.05, 4.69) is 24.9 Å². The van der Waals surface area contributed by atoms with E-state index in [-0.39, 0.29) is 11.8 Å². The van der Waals surface area contributed by atoms with Crippen molar-refractivity contribution in [2.75, 3.05) is 4.72 Å². The second-order valence-corrected chi connectivity index (χ2v) is 9.92. The Labute approximate surface area is 195 Å². The summed E-state index contributed by atoms with van der Waals surface area (Å²) in [6.45, 7) is 5.01. The van der Waals surface area contributed by atoms with Crippen LogP contribution in [0.5, 0.6) is 0 Å². The number of halogens is 2. The molecule has 8 nitrogen and oxygen atoms in total. The molecule has 0 spiro atoms. The van der Waals surface area contributed by atoms with Gasteiger partial charge in [0, 0.05) is 23.9 Å². The van der Waals surface area contributed by atoms with Crippen LogP contribution in [0.3, 0.4) is 0 Å². The number of rotatable bonds is 7. The minimum atomic E-state index is -4.09. The summed E-state index contributed by atoms with van der Waals surface area (Å²) in [7, 11) is -4.09. The van der Waals surface area contributed by atoms with Crippen molar-refractivity contribution in [1.82, 2.24) is 24.7 Å². The Bertz CT molecular complexity index is 1390. The molecule has 2 heterocycles. The van der Waals surface area contributed by atoms with Crippen molar-refractivity contribution in [3.63, 3.8) is 0 Å². The van der Waals surface area contributed by atoms with Gasteiger partial charge in [0.15, 0.2) is 5.82 Å². The SMILES string of the molecule is Cc1cnc([C@@H](C)[C@H](C)S(=O)(=O)Nc2nnc(-c3ccccc3)n2-c2c(F)cccc2F)nc1. The van der Waals surface area contributed by atoms with Crippen molar-refractivity contribution in [1.29, 1.82) is 0 Å². The lowest BCUT2D eigenvalue weighted by molar-refractivity contribution is 0.564. The lowest BCUT2D eigenvalue weighted by Gasteiger charge is -2.20. The van der Waals surface area contributed by atoms with Gasteiger partial charge in [0.2, 0.25) is 16.0 Å². The number of para-hydroxylation sites is 1. The maximum Gasteiger partial charge on any atom is 0.243 e. The van der Waals surface area contributed by atoms with E-state index in [1.54, 1.807) is 49.6 Å². The van der Waals surface area contributed by atoms with Gasteiger partial charge in [0.05, 0.1) is 5.25 Å². The third-order valence-electron chi connectivity index (χ3n) is 5.49. The second kappa shape index (κ2) is 9.26. The molecule has 2 aromatic heterocycles. The molecule has 0 radical (unpaired) electrons. The average Bonchev–Trinajstić information content (AvgIpc) is 3.21. The van der Waals surface area contributed by atoms with Crippen LogP contribution in [0.4, 0.5) is 14.7 Å². The normalized spacial score (nSPS) is 13.4. The van der Waals surface area contributed by atoms with Crippen molar-refractivity contribution in [2.45, 2.75) is 31.9 Å². The number of nitrogens with zero attached hydrogens (tertiary/aromatic N) is 5. The summed E-state index contributed by atoms with van der Waals surface area (Å²) < 4.78 is 59.4. The molecule has 0 aliphatic rings. The van der Waals surface area contributed by atoms with Gasteiger partial charge in [0.1, 0.15) is 23.1 Å². The van der Waals surface area contributed by atoms with Gasteiger partial charge in [-0.3, -0.25) is 9.29 Å².